The van der Waals surface area contributed by atoms with Crippen LogP contribution < -0.4 is 9.47 Å². The first-order valence-electron chi connectivity index (χ1n) is 12.1. The number of benzene rings is 2. The number of nitriles is 1. The molecule has 0 aliphatic carbocycles. The number of carbonyl (C=O) groups excluding carboxylic acids is 1. The van der Waals surface area contributed by atoms with Crippen molar-refractivity contribution in [3.05, 3.63) is 65.9 Å². The molecule has 0 N–H and O–H groups in total. The van der Waals surface area contributed by atoms with Crippen molar-refractivity contribution in [2.75, 3.05) is 34.4 Å². The van der Waals surface area contributed by atoms with E-state index in [1.165, 1.54) is 12.0 Å². The molecule has 1 aliphatic rings. The number of alkyl halides is 1. The summed E-state index contributed by atoms with van der Waals surface area (Å²) >= 11 is 0. The van der Waals surface area contributed by atoms with Crippen LogP contribution in [0.3, 0.4) is 0 Å². The molecule has 2 atom stereocenters. The Hall–Kier alpha value is -4.42. The minimum absolute atomic E-state index is 0.0140. The lowest BCUT2D eigenvalue weighted by Crippen LogP contribution is -2.37. The van der Waals surface area contributed by atoms with E-state index in [0.29, 0.717) is 58.1 Å². The first-order valence-corrected chi connectivity index (χ1v) is 12.1. The molecule has 9 heteroatoms. The Balaban J connectivity index is 1.51. The van der Waals surface area contributed by atoms with Crippen molar-refractivity contribution >= 4 is 17.0 Å². The zero-order chi connectivity index (χ0) is 26.8. The normalized spacial score (nSPS) is 17.1. The second-order valence-corrected chi connectivity index (χ2v) is 9.16. The van der Waals surface area contributed by atoms with Gasteiger partial charge in [-0.25, -0.2) is 4.39 Å². The van der Waals surface area contributed by atoms with Crippen molar-refractivity contribution in [3.63, 3.8) is 0 Å². The molecule has 1 aliphatic heterocycles. The Bertz CT molecular complexity index is 1540. The molecule has 0 saturated carbocycles. The summed E-state index contributed by atoms with van der Waals surface area (Å²) in [5.41, 5.74) is 4.07. The van der Waals surface area contributed by atoms with Crippen LogP contribution in [0.5, 0.6) is 11.5 Å². The second-order valence-electron chi connectivity index (χ2n) is 9.16. The van der Waals surface area contributed by atoms with Gasteiger partial charge in [0.2, 0.25) is 0 Å². The maximum atomic E-state index is 14.2. The number of furan rings is 1. The smallest absolute Gasteiger partial charge is 0.253 e. The number of ether oxygens (including phenoxy) is 3. The van der Waals surface area contributed by atoms with Gasteiger partial charge in [0.05, 0.1) is 31.5 Å². The van der Waals surface area contributed by atoms with Crippen molar-refractivity contribution in [2.24, 2.45) is 0 Å². The number of carbonyl (C=O) groups is 1. The minimum Gasteiger partial charge on any atom is -0.496 e. The van der Waals surface area contributed by atoms with Gasteiger partial charge >= 0.3 is 0 Å². The highest BCUT2D eigenvalue weighted by Crippen LogP contribution is 2.38. The molecule has 8 nitrogen and oxygen atoms in total. The lowest BCUT2D eigenvalue weighted by atomic mass is 10.0. The summed E-state index contributed by atoms with van der Waals surface area (Å²) in [7, 11) is 4.91. The topological polar surface area (TPSA) is 97.8 Å². The fraction of sp³-hybridized carbons (Fsp3) is 0.276. The van der Waals surface area contributed by atoms with Crippen molar-refractivity contribution in [1.82, 2.24) is 9.88 Å². The largest absolute Gasteiger partial charge is 0.496 e. The Morgan fingerprint density at radius 2 is 1.97 bits per heavy atom. The van der Waals surface area contributed by atoms with Gasteiger partial charge in [-0.2, -0.15) is 5.26 Å². The molecule has 2 aromatic heterocycles. The van der Waals surface area contributed by atoms with Crippen molar-refractivity contribution in [3.8, 4) is 40.0 Å². The quantitative estimate of drug-likeness (QED) is 0.346. The van der Waals surface area contributed by atoms with E-state index in [1.807, 2.05) is 6.07 Å². The van der Waals surface area contributed by atoms with Gasteiger partial charge in [0.15, 0.2) is 11.8 Å². The van der Waals surface area contributed by atoms with E-state index in [4.69, 9.17) is 18.6 Å². The molecule has 1 amide bonds. The number of halogens is 1. The summed E-state index contributed by atoms with van der Waals surface area (Å²) in [6.07, 6.45) is 0.181. The van der Waals surface area contributed by atoms with Gasteiger partial charge in [0.25, 0.3) is 5.91 Å². The lowest BCUT2D eigenvalue weighted by Gasteiger charge is -2.27. The molecule has 38 heavy (non-hydrogen) atoms. The summed E-state index contributed by atoms with van der Waals surface area (Å²) in [4.78, 5) is 18.3. The predicted octanol–water partition coefficient (Wildman–Crippen LogP) is 5.25. The van der Waals surface area contributed by atoms with E-state index < -0.39 is 12.3 Å². The average molecular weight is 516 g/mol. The average Bonchev–Trinajstić information content (AvgIpc) is 3.38. The highest BCUT2D eigenvalue weighted by molar-refractivity contribution is 5.96. The second kappa shape index (κ2) is 10.5. The number of hydrogen-bond donors (Lipinski definition) is 0. The van der Waals surface area contributed by atoms with Crippen LogP contribution in [0.15, 0.2) is 59.1 Å². The predicted molar refractivity (Wildman–Crippen MR) is 139 cm³/mol. The number of fused-ring (bicyclic) bond motifs is 1. The molecular formula is C29H26FN3O5. The van der Waals surface area contributed by atoms with E-state index >= 15 is 0 Å². The van der Waals surface area contributed by atoms with Crippen LogP contribution in [-0.4, -0.2) is 62.5 Å². The monoisotopic (exact) mass is 515 g/mol. The van der Waals surface area contributed by atoms with E-state index in [2.05, 4.69) is 11.1 Å². The molecule has 5 rings (SSSR count). The Kier molecular flexibility index (Phi) is 6.99. The number of amides is 1. The summed E-state index contributed by atoms with van der Waals surface area (Å²) in [5.74, 6) is 1.21. The fourth-order valence-electron chi connectivity index (χ4n) is 4.45. The summed E-state index contributed by atoms with van der Waals surface area (Å²) in [6.45, 7) is 0.403. The maximum Gasteiger partial charge on any atom is 0.253 e. The molecule has 1 unspecified atom stereocenters. The molecule has 194 valence electrons. The highest BCUT2D eigenvalue weighted by Gasteiger charge is 2.28. The Morgan fingerprint density at radius 1 is 1.13 bits per heavy atom. The standard InChI is InChI=1S/C29H26FN3O5/c1-33(2)29(34)18-4-6-21(26(13-18)35-3)27-14-23-28(38-27)20(8-10-32-23)17-5-7-24(19(12-17)15-31)37-25-9-11-36-16-22(25)30/h4-8,10,12-14,22,25H,9,11,16H2,1-3H3/t22-,25?/m1/s1. The van der Waals surface area contributed by atoms with Crippen LogP contribution in [0, 0.1) is 11.3 Å². The minimum atomic E-state index is -1.25. The SMILES string of the molecule is COc1cc(C(=O)N(C)C)ccc1-c1cc2nccc(-c3ccc(OC4CCOC[C@H]4F)c(C#N)c3)c2o1. The van der Waals surface area contributed by atoms with Gasteiger partial charge in [-0.05, 0) is 42.0 Å². The van der Waals surface area contributed by atoms with Crippen LogP contribution in [0.2, 0.25) is 0 Å². The first kappa shape index (κ1) is 25.2. The summed E-state index contributed by atoms with van der Waals surface area (Å²) < 4.78 is 37.0. The third-order valence-electron chi connectivity index (χ3n) is 6.45. The first-order chi connectivity index (χ1) is 18.4. The molecule has 4 aromatic rings. The number of rotatable bonds is 6. The zero-order valence-electron chi connectivity index (χ0n) is 21.2. The highest BCUT2D eigenvalue weighted by atomic mass is 19.1. The van der Waals surface area contributed by atoms with Crippen LogP contribution in [0.1, 0.15) is 22.3 Å². The summed E-state index contributed by atoms with van der Waals surface area (Å²) in [5, 5.41) is 9.78. The van der Waals surface area contributed by atoms with Gasteiger partial charge in [0.1, 0.15) is 34.9 Å². The third kappa shape index (κ3) is 4.78. The fourth-order valence-corrected chi connectivity index (χ4v) is 4.45. The lowest BCUT2D eigenvalue weighted by molar-refractivity contribution is -0.0383. The van der Waals surface area contributed by atoms with Crippen molar-refractivity contribution in [2.45, 2.75) is 18.7 Å². The maximum absolute atomic E-state index is 14.2. The van der Waals surface area contributed by atoms with E-state index in [-0.39, 0.29) is 12.5 Å². The third-order valence-corrected chi connectivity index (χ3v) is 6.45. The van der Waals surface area contributed by atoms with Gasteiger partial charge in [-0.15, -0.1) is 0 Å². The molecule has 0 spiro atoms. The number of pyridine rings is 1. The molecule has 1 saturated heterocycles. The molecule has 2 aromatic carbocycles. The molecule has 3 heterocycles. The molecule has 0 radical (unpaired) electrons. The Labute approximate surface area is 219 Å². The molecule has 1 fully saturated rings. The van der Waals surface area contributed by atoms with Gasteiger partial charge in [-0.3, -0.25) is 9.78 Å². The number of methoxy groups -OCH3 is 1. The molecular weight excluding hydrogens is 489 g/mol. The van der Waals surface area contributed by atoms with E-state index in [9.17, 15) is 14.4 Å². The number of aromatic nitrogens is 1. The van der Waals surface area contributed by atoms with Crippen molar-refractivity contribution < 1.29 is 27.8 Å². The van der Waals surface area contributed by atoms with Gasteiger partial charge in [-0.1, -0.05) is 6.07 Å². The number of nitrogens with zero attached hydrogens (tertiary/aromatic N) is 3. The van der Waals surface area contributed by atoms with Gasteiger partial charge in [0, 0.05) is 43.9 Å². The molecule has 0 bridgehead atoms. The van der Waals surface area contributed by atoms with Crippen LogP contribution in [0.25, 0.3) is 33.6 Å². The van der Waals surface area contributed by atoms with E-state index in [0.717, 1.165) is 11.1 Å². The van der Waals surface area contributed by atoms with Crippen LogP contribution in [0.4, 0.5) is 4.39 Å². The zero-order valence-corrected chi connectivity index (χ0v) is 21.2. The summed E-state index contributed by atoms with van der Waals surface area (Å²) in [6, 6.07) is 16.1. The van der Waals surface area contributed by atoms with Crippen molar-refractivity contribution in [1.29, 1.82) is 5.26 Å². The number of hydrogen-bond acceptors (Lipinski definition) is 7. The van der Waals surface area contributed by atoms with Gasteiger partial charge < -0.3 is 23.5 Å². The van der Waals surface area contributed by atoms with E-state index in [1.54, 1.807) is 62.8 Å². The van der Waals surface area contributed by atoms with Crippen LogP contribution >= 0.6 is 0 Å². The van der Waals surface area contributed by atoms with Crippen LogP contribution in [-0.2, 0) is 4.74 Å². The Morgan fingerprint density at radius 3 is 2.71 bits per heavy atom.